The van der Waals surface area contributed by atoms with E-state index in [1.807, 2.05) is 67.0 Å². The molecule has 0 saturated carbocycles. The summed E-state index contributed by atoms with van der Waals surface area (Å²) in [6.07, 6.45) is 8.95. The second-order valence-electron chi connectivity index (χ2n) is 16.7. The standard InChI is InChI=1S/C23H35F3O5SSi2.C18H24O2.C2H5.BrH.Mg/c1-15(2)18-11-10-16(3)12-19(18)22-20(30-33(4,5)6)13-17(14-21(22)31-34(7,8)9)29-32(27,28)23(24,25)26;1-5-13-9-16(19)18(17(20)10-13)15-8-12(4)6-7-14(15)11(2)3;1-2;;/h12-14,18-19H,1,10-11H2,2-9H3;8-10,14-15,19-20H,2,5-7H2,1,3-4H3;1H2,2H3;1H;/q;;-1;;+2/p-1/t18-,19+;14-,15+;;;/m00.../s1. The maximum atomic E-state index is 13.0. The number of hydrogen-bond acceptors (Lipinski definition) is 7. The van der Waals surface area contributed by atoms with Gasteiger partial charge < -0.3 is 47.2 Å². The minimum Gasteiger partial charge on any atom is -1.00 e. The van der Waals surface area contributed by atoms with Crippen molar-refractivity contribution in [2.24, 2.45) is 11.8 Å². The molecule has 2 N–H and O–H groups in total. The second-order valence-corrected chi connectivity index (χ2v) is 27.1. The van der Waals surface area contributed by atoms with Gasteiger partial charge in [-0.1, -0.05) is 54.5 Å². The summed E-state index contributed by atoms with van der Waals surface area (Å²) < 4.78 is 79.7. The average Bonchev–Trinajstić information content (AvgIpc) is 3.03. The molecule has 2 aromatic rings. The molecule has 0 bridgehead atoms. The quantitative estimate of drug-likeness (QED) is 0.0762. The molecule has 0 amide bonds. The van der Waals surface area contributed by atoms with E-state index in [1.54, 1.807) is 19.1 Å². The summed E-state index contributed by atoms with van der Waals surface area (Å²) in [6.45, 7) is 35.0. The van der Waals surface area contributed by atoms with Crippen LogP contribution in [0.3, 0.4) is 0 Å². The van der Waals surface area contributed by atoms with Crippen molar-refractivity contribution in [3.05, 3.63) is 95.5 Å². The minimum absolute atomic E-state index is 0. The van der Waals surface area contributed by atoms with E-state index in [1.165, 1.54) is 23.3 Å². The molecule has 0 heterocycles. The fraction of sp³-hybridized carbons (Fsp3) is 0.512. The first kappa shape index (κ1) is 55.8. The molecule has 0 aliphatic heterocycles. The van der Waals surface area contributed by atoms with Crippen LogP contribution >= 0.6 is 0 Å². The Bertz CT molecular complexity index is 1840. The molecule has 322 valence electrons. The number of hydrogen-bond donors (Lipinski definition) is 2. The van der Waals surface area contributed by atoms with Gasteiger partial charge in [0.15, 0.2) is 0 Å². The van der Waals surface area contributed by atoms with E-state index in [0.717, 1.165) is 48.8 Å². The van der Waals surface area contributed by atoms with Crippen molar-refractivity contribution in [2.45, 2.75) is 130 Å². The van der Waals surface area contributed by atoms with E-state index in [4.69, 9.17) is 8.85 Å². The molecule has 0 spiro atoms. The average molecular weight is 942 g/mol. The first-order valence-electron chi connectivity index (χ1n) is 19.1. The van der Waals surface area contributed by atoms with Crippen LogP contribution in [0.15, 0.2) is 71.9 Å². The Kier molecular flexibility index (Phi) is 21.8. The van der Waals surface area contributed by atoms with E-state index < -0.39 is 38.0 Å². The zero-order valence-corrected chi connectivity index (χ0v) is 42.3. The third kappa shape index (κ3) is 15.7. The Labute approximate surface area is 375 Å². The monoisotopic (exact) mass is 940 g/mol. The van der Waals surface area contributed by atoms with Gasteiger partial charge in [0.2, 0.25) is 16.6 Å². The maximum Gasteiger partial charge on any atom is 2.00 e. The SMILES string of the molecule is C=C(C)[C@@H]1CCC(C)=C[C@H]1c1c(O)cc(CC)cc1O.C=C(C)[C@@H]1CCC(C)=C[C@H]1c1c(O[Si](C)(C)C)cc(OS(=O)(=O)C(F)(F)F)cc1O[Si](C)(C)C.[Br-].[CH2-]C.[Mg+2]. The number of allylic oxidation sites excluding steroid dienone is 6. The van der Waals surface area contributed by atoms with Crippen LogP contribution in [0.1, 0.15) is 95.8 Å². The Morgan fingerprint density at radius 1 is 0.793 bits per heavy atom. The summed E-state index contributed by atoms with van der Waals surface area (Å²) in [4.78, 5) is 0. The summed E-state index contributed by atoms with van der Waals surface area (Å²) in [5.74, 6) is 0.655. The minimum atomic E-state index is -5.86. The fourth-order valence-corrected chi connectivity index (χ4v) is 9.10. The number of alkyl halides is 3. The predicted octanol–water partition coefficient (Wildman–Crippen LogP) is 9.50. The summed E-state index contributed by atoms with van der Waals surface area (Å²) in [5.41, 5.74) is 1.31. The molecule has 0 fully saturated rings. The Morgan fingerprint density at radius 2 is 1.16 bits per heavy atom. The van der Waals surface area contributed by atoms with Crippen LogP contribution < -0.4 is 30.0 Å². The molecule has 58 heavy (non-hydrogen) atoms. The van der Waals surface area contributed by atoms with Crippen molar-refractivity contribution in [2.75, 3.05) is 0 Å². The van der Waals surface area contributed by atoms with Gasteiger partial charge >= 0.3 is 38.7 Å². The van der Waals surface area contributed by atoms with Crippen LogP contribution in [-0.4, -0.2) is 63.8 Å². The van der Waals surface area contributed by atoms with Gasteiger partial charge in [-0.3, -0.25) is 0 Å². The van der Waals surface area contributed by atoms with Crippen LogP contribution in [0.2, 0.25) is 39.3 Å². The molecule has 15 heteroatoms. The molecule has 4 rings (SSSR count). The molecule has 7 nitrogen and oxygen atoms in total. The van der Waals surface area contributed by atoms with Crippen LogP contribution in [0.4, 0.5) is 13.2 Å². The fourth-order valence-electron chi connectivity index (χ4n) is 6.99. The van der Waals surface area contributed by atoms with Gasteiger partial charge in [0.05, 0.1) is 0 Å². The van der Waals surface area contributed by atoms with Gasteiger partial charge in [0.1, 0.15) is 28.7 Å². The zero-order valence-electron chi connectivity index (χ0n) is 36.5. The van der Waals surface area contributed by atoms with Crippen molar-refractivity contribution >= 4 is 49.8 Å². The first-order valence-corrected chi connectivity index (χ1v) is 27.3. The zero-order chi connectivity index (χ0) is 43.1. The Morgan fingerprint density at radius 3 is 1.47 bits per heavy atom. The third-order valence-electron chi connectivity index (χ3n) is 9.43. The molecular formula is C43H64BrF3MgO7SSi2. The molecular weight excluding hydrogens is 878 g/mol. The molecule has 2 aromatic carbocycles. The first-order chi connectivity index (χ1) is 25.6. The summed E-state index contributed by atoms with van der Waals surface area (Å²) in [5, 5.41) is 20.6. The van der Waals surface area contributed by atoms with Gasteiger partial charge in [-0.05, 0) is 129 Å². The van der Waals surface area contributed by atoms with Crippen molar-refractivity contribution < 1.29 is 61.8 Å². The van der Waals surface area contributed by atoms with Gasteiger partial charge in [0.25, 0.3) is 0 Å². The largest absolute Gasteiger partial charge is 2.00 e. The van der Waals surface area contributed by atoms with Crippen molar-refractivity contribution in [3.8, 4) is 28.7 Å². The topological polar surface area (TPSA) is 102 Å². The summed E-state index contributed by atoms with van der Waals surface area (Å²) in [7, 11) is -10.4. The number of phenolic OH excluding ortho intramolecular Hbond substituents is 2. The Balaban J connectivity index is 0.00000116. The van der Waals surface area contributed by atoms with Gasteiger partial charge in [0, 0.05) is 35.1 Å². The van der Waals surface area contributed by atoms with Gasteiger partial charge in [-0.25, -0.2) is 0 Å². The van der Waals surface area contributed by atoms with E-state index in [2.05, 4.69) is 43.3 Å². The molecule has 0 aromatic heterocycles. The molecule has 0 radical (unpaired) electrons. The number of aromatic hydroxyl groups is 2. The van der Waals surface area contributed by atoms with Crippen molar-refractivity contribution in [3.63, 3.8) is 0 Å². The third-order valence-corrected chi connectivity index (χ3v) is 12.1. The molecule has 2 aliphatic carbocycles. The predicted molar refractivity (Wildman–Crippen MR) is 234 cm³/mol. The molecule has 0 saturated heterocycles. The van der Waals surface area contributed by atoms with Gasteiger partial charge in [-0.15, -0.1) is 0 Å². The number of aryl methyl sites for hydroxylation is 1. The van der Waals surface area contributed by atoms with Gasteiger partial charge in [-0.2, -0.15) is 28.5 Å². The number of halogens is 4. The Hall–Kier alpha value is -2.18. The van der Waals surface area contributed by atoms with E-state index in [9.17, 15) is 31.8 Å². The second kappa shape index (κ2) is 22.6. The number of phenols is 2. The van der Waals surface area contributed by atoms with Crippen LogP contribution in [0.25, 0.3) is 0 Å². The number of benzene rings is 2. The van der Waals surface area contributed by atoms with Crippen LogP contribution in [-0.2, 0) is 16.5 Å². The normalized spacial score (nSPS) is 19.5. The smallest absolute Gasteiger partial charge is 1.00 e. The van der Waals surface area contributed by atoms with Crippen molar-refractivity contribution in [1.82, 2.24) is 0 Å². The van der Waals surface area contributed by atoms with Crippen LogP contribution in [0, 0.1) is 18.8 Å². The summed E-state index contributed by atoms with van der Waals surface area (Å²) >= 11 is 0. The molecule has 4 atom stereocenters. The number of rotatable bonds is 11. The van der Waals surface area contributed by atoms with E-state index >= 15 is 0 Å². The molecule has 0 unspecified atom stereocenters. The van der Waals surface area contributed by atoms with Crippen LogP contribution in [0.5, 0.6) is 28.7 Å². The van der Waals surface area contributed by atoms with E-state index in [-0.39, 0.29) is 86.7 Å². The maximum absolute atomic E-state index is 13.0. The van der Waals surface area contributed by atoms with Crippen molar-refractivity contribution in [1.29, 1.82) is 0 Å². The summed E-state index contributed by atoms with van der Waals surface area (Å²) in [6, 6.07) is 6.01. The van der Waals surface area contributed by atoms with E-state index in [0.29, 0.717) is 11.1 Å². The molecule has 2 aliphatic rings.